The van der Waals surface area contributed by atoms with E-state index >= 15 is 0 Å². The first-order chi connectivity index (χ1) is 23.5. The van der Waals surface area contributed by atoms with Crippen LogP contribution in [0, 0.1) is 0 Å². The lowest BCUT2D eigenvalue weighted by Gasteiger charge is -2.52. The van der Waals surface area contributed by atoms with Crippen molar-refractivity contribution in [3.63, 3.8) is 0 Å². The van der Waals surface area contributed by atoms with E-state index in [2.05, 4.69) is 37.8 Å². The quantitative estimate of drug-likeness (QED) is 0.152. The van der Waals surface area contributed by atoms with Crippen LogP contribution in [0.4, 0.5) is 5.69 Å². The Morgan fingerprint density at radius 1 is 0.735 bits per heavy atom. The van der Waals surface area contributed by atoms with Crippen molar-refractivity contribution in [1.82, 2.24) is 0 Å². The van der Waals surface area contributed by atoms with Gasteiger partial charge in [-0.05, 0) is 68.2 Å². The molecular formula is C42H33NO6. The third-order valence-electron chi connectivity index (χ3n) is 10.9. The number of carbonyl (C=O) groups is 1. The molecule has 6 aliphatic rings. The molecule has 0 unspecified atom stereocenters. The highest BCUT2D eigenvalue weighted by Crippen LogP contribution is 2.59. The number of anilines is 1. The Bertz CT molecular complexity index is 2440. The summed E-state index contributed by atoms with van der Waals surface area (Å²) in [6.45, 7) is 8.38. The Balaban J connectivity index is 1.43. The number of carboxylic acid groups (broad SMARTS) is 1. The van der Waals surface area contributed by atoms with Gasteiger partial charge < -0.3 is 14.4 Å². The zero-order valence-corrected chi connectivity index (χ0v) is 27.8. The van der Waals surface area contributed by atoms with E-state index in [0.717, 1.165) is 44.5 Å². The van der Waals surface area contributed by atoms with Gasteiger partial charge in [0.15, 0.2) is 16.6 Å². The summed E-state index contributed by atoms with van der Waals surface area (Å²) >= 11 is 0. The van der Waals surface area contributed by atoms with Crippen LogP contribution >= 0.6 is 0 Å². The van der Waals surface area contributed by atoms with Crippen LogP contribution in [-0.2, 0) is 21.0 Å². The second-order valence-corrected chi connectivity index (χ2v) is 14.1. The summed E-state index contributed by atoms with van der Waals surface area (Å²) < 4.78 is 6.62. The van der Waals surface area contributed by atoms with E-state index in [1.165, 1.54) is 6.07 Å². The van der Waals surface area contributed by atoms with E-state index in [9.17, 15) is 14.7 Å². The number of rotatable bonds is 3. The normalized spacial score (nSPS) is 21.7. The smallest absolute Gasteiger partial charge is 0.336 e. The first kappa shape index (κ1) is 29.6. The number of likely N-dealkylation sites (N-methyl/N-ethyl adjacent to an activating group) is 1. The lowest BCUT2D eigenvalue weighted by atomic mass is 9.64. The molecule has 242 valence electrons. The molecule has 4 aliphatic heterocycles. The number of carboxylic acids is 1. The minimum atomic E-state index is -1.38. The molecular weight excluding hydrogens is 614 g/mol. The number of allylic oxidation sites excluding steroid dienone is 1. The predicted molar refractivity (Wildman–Crippen MR) is 189 cm³/mol. The van der Waals surface area contributed by atoms with Crippen molar-refractivity contribution in [1.29, 1.82) is 0 Å². The van der Waals surface area contributed by atoms with E-state index in [1.807, 2.05) is 86.8 Å². The third kappa shape index (κ3) is 3.80. The van der Waals surface area contributed by atoms with E-state index in [1.54, 1.807) is 12.1 Å². The van der Waals surface area contributed by atoms with Crippen molar-refractivity contribution >= 4 is 28.2 Å². The Labute approximate surface area is 282 Å². The number of hydrogen-bond donors (Lipinski definition) is 1. The minimum absolute atomic E-state index is 0.145. The predicted octanol–water partition coefficient (Wildman–Crippen LogP) is 8.73. The van der Waals surface area contributed by atoms with Crippen molar-refractivity contribution in [3.05, 3.63) is 152 Å². The molecule has 0 atom stereocenters. The van der Waals surface area contributed by atoms with Gasteiger partial charge in [0, 0.05) is 63.6 Å². The molecule has 2 aliphatic carbocycles. The van der Waals surface area contributed by atoms with Crippen molar-refractivity contribution in [2.75, 3.05) is 11.9 Å². The Kier molecular flexibility index (Phi) is 5.91. The van der Waals surface area contributed by atoms with Gasteiger partial charge in [-0.2, -0.15) is 0 Å². The molecule has 1 N–H and O–H groups in total. The highest BCUT2D eigenvalue weighted by Gasteiger charge is 2.58. The standard InChI is InChI=1S/C42H33NO6/c1-23-22-40(2,3)43(5)34-20-36-27(18-26(23)34)38(24-12-6-7-13-25(24)39(45)46)28-19-33(35(44)21-37(28)47-36)42-31-16-10-8-14-29(31)41(4,48-49-42)30-15-9-11-17-32(30)42/h6-22H,1-5H3,(H,45,46). The molecule has 0 aromatic heterocycles. The van der Waals surface area contributed by atoms with Gasteiger partial charge in [0.25, 0.3) is 0 Å². The van der Waals surface area contributed by atoms with E-state index in [0.29, 0.717) is 33.6 Å². The zero-order valence-electron chi connectivity index (χ0n) is 27.8. The van der Waals surface area contributed by atoms with Crippen LogP contribution in [0.15, 0.2) is 112 Å². The molecule has 0 amide bonds. The topological polar surface area (TPSA) is 89.2 Å². The van der Waals surface area contributed by atoms with Crippen LogP contribution in [0.3, 0.4) is 0 Å². The molecule has 4 aromatic carbocycles. The fourth-order valence-electron chi connectivity index (χ4n) is 8.38. The lowest BCUT2D eigenvalue weighted by Crippen LogP contribution is -2.53. The Morgan fingerprint density at radius 3 is 2.04 bits per heavy atom. The van der Waals surface area contributed by atoms with Gasteiger partial charge in [0.2, 0.25) is 0 Å². The summed E-state index contributed by atoms with van der Waals surface area (Å²) in [5, 5.41) is 11.1. The van der Waals surface area contributed by atoms with Gasteiger partial charge in [0.05, 0.1) is 11.1 Å². The first-order valence-corrected chi connectivity index (χ1v) is 16.4. The van der Waals surface area contributed by atoms with E-state index < -0.39 is 17.2 Å². The highest BCUT2D eigenvalue weighted by molar-refractivity contribution is 6.09. The van der Waals surface area contributed by atoms with Crippen LogP contribution in [-0.4, -0.2) is 23.7 Å². The second-order valence-electron chi connectivity index (χ2n) is 14.1. The van der Waals surface area contributed by atoms with Gasteiger partial charge in [-0.1, -0.05) is 72.8 Å². The number of nitrogens with zero attached hydrogens (tertiary/aromatic N) is 1. The lowest BCUT2D eigenvalue weighted by molar-refractivity contribution is -0.415. The highest BCUT2D eigenvalue weighted by atomic mass is 17.2. The van der Waals surface area contributed by atoms with E-state index in [-0.39, 0.29) is 16.5 Å². The maximum Gasteiger partial charge on any atom is 0.336 e. The maximum atomic E-state index is 14.5. The minimum Gasteiger partial charge on any atom is -0.478 e. The number of benzene rings is 5. The van der Waals surface area contributed by atoms with Gasteiger partial charge in [-0.25, -0.2) is 14.6 Å². The summed E-state index contributed by atoms with van der Waals surface area (Å²) in [6, 6.07) is 30.2. The summed E-state index contributed by atoms with van der Waals surface area (Å²) in [5.41, 5.74) is 6.65. The average Bonchev–Trinajstić information content (AvgIpc) is 3.09. The van der Waals surface area contributed by atoms with Gasteiger partial charge >= 0.3 is 5.97 Å². The summed E-state index contributed by atoms with van der Waals surface area (Å²) in [6.07, 6.45) is 2.23. The fourth-order valence-corrected chi connectivity index (χ4v) is 8.38. The first-order valence-electron chi connectivity index (χ1n) is 16.4. The largest absolute Gasteiger partial charge is 0.478 e. The summed E-state index contributed by atoms with van der Waals surface area (Å²) in [4.78, 5) is 42.0. The molecule has 4 aromatic rings. The summed E-state index contributed by atoms with van der Waals surface area (Å²) in [7, 11) is 2.05. The number of fused-ring (bicyclic) bond motifs is 4. The average molecular weight is 648 g/mol. The zero-order chi connectivity index (χ0) is 34.0. The Morgan fingerprint density at radius 2 is 1.37 bits per heavy atom. The third-order valence-corrected chi connectivity index (χ3v) is 10.9. The molecule has 49 heavy (non-hydrogen) atoms. The van der Waals surface area contributed by atoms with Crippen LogP contribution in [0.2, 0.25) is 0 Å². The number of aromatic carboxylic acids is 1. The van der Waals surface area contributed by atoms with Crippen LogP contribution < -0.4 is 10.3 Å². The fraction of sp³-hybridized carbons (Fsp3) is 0.190. The van der Waals surface area contributed by atoms with Crippen molar-refractivity contribution in [2.24, 2.45) is 0 Å². The van der Waals surface area contributed by atoms with Gasteiger partial charge in [0.1, 0.15) is 11.3 Å². The Hall–Kier alpha value is -5.50. The molecule has 7 heteroatoms. The van der Waals surface area contributed by atoms with Crippen molar-refractivity contribution < 1.29 is 24.1 Å². The van der Waals surface area contributed by atoms with Gasteiger partial charge in [-0.3, -0.25) is 4.79 Å². The van der Waals surface area contributed by atoms with E-state index in [4.69, 9.17) is 14.2 Å². The van der Waals surface area contributed by atoms with Crippen molar-refractivity contribution in [3.8, 4) is 22.5 Å². The molecule has 2 bridgehead atoms. The van der Waals surface area contributed by atoms with Crippen LogP contribution in [0.1, 0.15) is 71.4 Å². The second kappa shape index (κ2) is 9.78. The monoisotopic (exact) mass is 647 g/mol. The molecule has 4 heterocycles. The molecule has 10 rings (SSSR count). The molecule has 0 saturated heterocycles. The van der Waals surface area contributed by atoms with Crippen LogP contribution in [0.5, 0.6) is 0 Å². The summed E-state index contributed by atoms with van der Waals surface area (Å²) in [5.74, 6) is -0.706. The van der Waals surface area contributed by atoms with Gasteiger partial charge in [-0.15, -0.1) is 0 Å². The maximum absolute atomic E-state index is 14.5. The number of hydrogen-bond acceptors (Lipinski definition) is 6. The molecule has 0 radical (unpaired) electrons. The van der Waals surface area contributed by atoms with Crippen molar-refractivity contribution in [2.45, 2.75) is 44.4 Å². The molecule has 0 spiro atoms. The molecule has 0 fully saturated rings. The molecule has 7 nitrogen and oxygen atoms in total. The van der Waals surface area contributed by atoms with Crippen LogP contribution in [0.25, 0.3) is 39.0 Å². The molecule has 0 saturated carbocycles. The SMILES string of the molecule is CC1=CC(C)(C)N(C)c2cc3oc4cc(=O)c(C56OOC(C)(c7ccccc75)c5ccccc56)cc-4c(-c4ccccc4C(=O)O)c3cc21.